The molecular weight excluding hydrogens is 175 g/mol. The Morgan fingerprint density at radius 2 is 2.67 bits per heavy atom. The molecule has 1 aliphatic rings. The molecule has 1 aliphatic heterocycles. The van der Waals surface area contributed by atoms with Gasteiger partial charge in [-0.05, 0) is 0 Å². The van der Waals surface area contributed by atoms with Crippen LogP contribution in [0.4, 0.5) is 0 Å². The van der Waals surface area contributed by atoms with Gasteiger partial charge >= 0.3 is 49.8 Å². The first kappa shape index (κ1) is 4.76. The second kappa shape index (κ2) is 2.06. The maximum atomic E-state index is 2.44. The summed E-state index contributed by atoms with van der Waals surface area (Å²) in [6.07, 6.45) is 2.36. The fourth-order valence-corrected chi connectivity index (χ4v) is 4.29. The SMILES string of the molecule is CC1C=[CH][In][CH2]1. The van der Waals surface area contributed by atoms with Gasteiger partial charge in [-0.15, -0.1) is 0 Å². The predicted molar refractivity (Wildman–Crippen MR) is 28.9 cm³/mol. The molecule has 0 fully saturated rings. The summed E-state index contributed by atoms with van der Waals surface area (Å²) in [5, 5.41) is 0. The molecule has 1 atom stereocenters. The Bertz CT molecular complexity index is 66.3. The van der Waals surface area contributed by atoms with E-state index >= 15 is 0 Å². The first-order chi connectivity index (χ1) is 2.89. The van der Waals surface area contributed by atoms with E-state index < -0.39 is 0 Å². The van der Waals surface area contributed by atoms with E-state index in [4.69, 9.17) is 0 Å². The maximum absolute atomic E-state index is 2.44. The van der Waals surface area contributed by atoms with Crippen LogP contribution in [-0.2, 0) is 0 Å². The molecule has 0 saturated carbocycles. The first-order valence-corrected chi connectivity index (χ1v) is 6.63. The first-order valence-electron chi connectivity index (χ1n) is 2.39. The molecule has 0 aromatic carbocycles. The van der Waals surface area contributed by atoms with Gasteiger partial charge in [0.25, 0.3) is 0 Å². The van der Waals surface area contributed by atoms with E-state index in [0.29, 0.717) is 0 Å². The molecule has 0 aromatic rings. The molecule has 31 valence electrons. The van der Waals surface area contributed by atoms with Crippen LogP contribution in [-0.4, -0.2) is 22.9 Å². The third-order valence-electron chi connectivity index (χ3n) is 1.08. The Labute approximate surface area is 50.0 Å². The average Bonchev–Trinajstić information content (AvgIpc) is 1.86. The van der Waals surface area contributed by atoms with Crippen LogP contribution in [0.25, 0.3) is 0 Å². The molecule has 0 amide bonds. The minimum absolute atomic E-state index is 0.0497. The van der Waals surface area contributed by atoms with Gasteiger partial charge in [-0.1, -0.05) is 0 Å². The molecule has 1 unspecified atom stereocenters. The summed E-state index contributed by atoms with van der Waals surface area (Å²) in [5.41, 5.74) is 0. The van der Waals surface area contributed by atoms with Crippen LogP contribution in [0.2, 0.25) is 4.18 Å². The predicted octanol–water partition coefficient (Wildman–Crippen LogP) is 1.27. The molecule has 6 heavy (non-hydrogen) atoms. The molecule has 0 aromatic heterocycles. The number of allylic oxidation sites excluding steroid dienone is 1. The number of hydrogen-bond acceptors (Lipinski definition) is 0. The van der Waals surface area contributed by atoms with Gasteiger partial charge in [0.1, 0.15) is 0 Å². The van der Waals surface area contributed by atoms with Crippen molar-refractivity contribution in [2.24, 2.45) is 5.92 Å². The van der Waals surface area contributed by atoms with Crippen LogP contribution in [0.5, 0.6) is 0 Å². The van der Waals surface area contributed by atoms with Crippen molar-refractivity contribution >= 4 is 22.9 Å². The summed E-state index contributed by atoms with van der Waals surface area (Å²) in [5.74, 6) is 0.950. The molecule has 1 heterocycles. The molecular formula is C5H8In. The third-order valence-corrected chi connectivity index (χ3v) is 5.39. The van der Waals surface area contributed by atoms with Crippen molar-refractivity contribution in [3.8, 4) is 0 Å². The van der Waals surface area contributed by atoms with E-state index in [0.717, 1.165) is 5.92 Å². The van der Waals surface area contributed by atoms with Gasteiger partial charge in [0.2, 0.25) is 0 Å². The molecule has 0 N–H and O–H groups in total. The summed E-state index contributed by atoms with van der Waals surface area (Å²) in [6, 6.07) is 0. The van der Waals surface area contributed by atoms with Crippen molar-refractivity contribution in [1.29, 1.82) is 0 Å². The summed E-state index contributed by atoms with van der Waals surface area (Å²) < 4.78 is 4.01. The Hall–Kier alpha value is 0.610. The Balaban J connectivity index is 2.38. The van der Waals surface area contributed by atoms with E-state index in [1.54, 1.807) is 4.18 Å². The number of hydrogen-bond donors (Lipinski definition) is 0. The van der Waals surface area contributed by atoms with Crippen LogP contribution >= 0.6 is 0 Å². The Morgan fingerprint density at radius 1 is 1.83 bits per heavy atom. The zero-order chi connectivity index (χ0) is 4.41. The van der Waals surface area contributed by atoms with Gasteiger partial charge in [0.15, 0.2) is 0 Å². The van der Waals surface area contributed by atoms with Crippen LogP contribution < -0.4 is 0 Å². The average molecular weight is 183 g/mol. The molecule has 0 aliphatic carbocycles. The van der Waals surface area contributed by atoms with E-state index in [2.05, 4.69) is 16.8 Å². The Morgan fingerprint density at radius 3 is 2.83 bits per heavy atom. The molecule has 1 heteroatoms. The van der Waals surface area contributed by atoms with E-state index in [1.165, 1.54) is 0 Å². The monoisotopic (exact) mass is 183 g/mol. The molecule has 1 rings (SSSR count). The van der Waals surface area contributed by atoms with Gasteiger partial charge in [-0.25, -0.2) is 0 Å². The topological polar surface area (TPSA) is 0 Å². The zero-order valence-corrected chi connectivity index (χ0v) is 7.31. The van der Waals surface area contributed by atoms with Crippen molar-refractivity contribution < 1.29 is 0 Å². The van der Waals surface area contributed by atoms with Crippen LogP contribution in [0, 0.1) is 5.92 Å². The van der Waals surface area contributed by atoms with Crippen LogP contribution in [0.15, 0.2) is 9.91 Å². The van der Waals surface area contributed by atoms with Crippen LogP contribution in [0.1, 0.15) is 6.92 Å². The van der Waals surface area contributed by atoms with Crippen molar-refractivity contribution in [2.75, 3.05) is 0 Å². The zero-order valence-electron chi connectivity index (χ0n) is 4.02. The Kier molecular flexibility index (Phi) is 1.63. The summed E-state index contributed by atoms with van der Waals surface area (Å²) in [7, 11) is 0. The van der Waals surface area contributed by atoms with E-state index in [-0.39, 0.29) is 22.9 Å². The van der Waals surface area contributed by atoms with Crippen molar-refractivity contribution in [3.05, 3.63) is 9.91 Å². The van der Waals surface area contributed by atoms with Gasteiger partial charge in [-0.3, -0.25) is 0 Å². The summed E-state index contributed by atoms with van der Waals surface area (Å²) >= 11 is -0.0497. The fraction of sp³-hybridized carbons (Fsp3) is 0.600. The quantitative estimate of drug-likeness (QED) is 0.530. The van der Waals surface area contributed by atoms with Crippen molar-refractivity contribution in [2.45, 2.75) is 11.1 Å². The molecule has 0 saturated heterocycles. The molecule has 0 spiro atoms. The van der Waals surface area contributed by atoms with Crippen molar-refractivity contribution in [1.82, 2.24) is 0 Å². The third kappa shape index (κ3) is 1.04. The van der Waals surface area contributed by atoms with Gasteiger partial charge < -0.3 is 0 Å². The molecule has 0 bridgehead atoms. The second-order valence-corrected chi connectivity index (χ2v) is 5.62. The summed E-state index contributed by atoms with van der Waals surface area (Å²) in [6.45, 7) is 2.30. The van der Waals surface area contributed by atoms with Gasteiger partial charge in [0.05, 0.1) is 0 Å². The molecule has 0 nitrogen and oxygen atoms in total. The van der Waals surface area contributed by atoms with Crippen molar-refractivity contribution in [3.63, 3.8) is 0 Å². The number of rotatable bonds is 0. The molecule has 1 radical (unpaired) electrons. The second-order valence-electron chi connectivity index (χ2n) is 1.83. The van der Waals surface area contributed by atoms with E-state index in [9.17, 15) is 0 Å². The normalized spacial score (nSPS) is 30.5. The standard InChI is InChI=1S/C5H8.In/c1-4-5(2)3;/h1,4-5H,2H2,3H3;. The van der Waals surface area contributed by atoms with E-state index in [1.807, 2.05) is 0 Å². The van der Waals surface area contributed by atoms with Gasteiger partial charge in [0, 0.05) is 0 Å². The van der Waals surface area contributed by atoms with Gasteiger partial charge in [-0.2, -0.15) is 0 Å². The summed E-state index contributed by atoms with van der Waals surface area (Å²) in [4.78, 5) is 0. The van der Waals surface area contributed by atoms with Crippen LogP contribution in [0.3, 0.4) is 0 Å². The minimum atomic E-state index is -0.0497. The fourth-order valence-electron chi connectivity index (χ4n) is 0.640.